The fourth-order valence-electron chi connectivity index (χ4n) is 2.92. The number of pyridine rings is 1. The third-order valence-corrected chi connectivity index (χ3v) is 4.21. The molecule has 4 rings (SSSR count). The molecule has 22 heavy (non-hydrogen) atoms. The SMILES string of the molecule is Nc1nc2ccc(Cl)cc2c2[nH]c(CN3CCCC3=O)nc12. The molecule has 0 spiro atoms. The minimum absolute atomic E-state index is 0.166. The van der Waals surface area contributed by atoms with Gasteiger partial charge in [-0.05, 0) is 24.6 Å². The second-order valence-electron chi connectivity index (χ2n) is 5.48. The zero-order valence-electron chi connectivity index (χ0n) is 11.8. The standard InChI is InChI=1S/C15H14ClN5O/c16-8-3-4-10-9(6-8)13-14(15(17)18-10)20-11(19-13)7-21-5-1-2-12(21)22/h3-4,6H,1-2,5,7H2,(H2,17,18)(H,19,20). The van der Waals surface area contributed by atoms with Gasteiger partial charge in [0.05, 0.1) is 17.6 Å². The Bertz CT molecular complexity index is 904. The van der Waals surface area contributed by atoms with Gasteiger partial charge in [0.2, 0.25) is 5.91 Å². The maximum atomic E-state index is 11.7. The molecule has 2 aromatic heterocycles. The summed E-state index contributed by atoms with van der Waals surface area (Å²) in [6.07, 6.45) is 1.52. The Balaban J connectivity index is 1.85. The first kappa shape index (κ1) is 13.3. The third-order valence-electron chi connectivity index (χ3n) is 3.98. The normalized spacial score (nSPS) is 15.3. The molecule has 112 valence electrons. The van der Waals surface area contributed by atoms with Crippen LogP contribution >= 0.6 is 11.6 Å². The second kappa shape index (κ2) is 4.84. The maximum absolute atomic E-state index is 11.7. The number of amides is 1. The average Bonchev–Trinajstić information content (AvgIpc) is 3.08. The number of likely N-dealkylation sites (tertiary alicyclic amines) is 1. The molecule has 0 unspecified atom stereocenters. The highest BCUT2D eigenvalue weighted by atomic mass is 35.5. The highest BCUT2D eigenvalue weighted by Gasteiger charge is 2.22. The molecule has 3 N–H and O–H groups in total. The van der Waals surface area contributed by atoms with Crippen LogP contribution in [-0.4, -0.2) is 32.3 Å². The van der Waals surface area contributed by atoms with Crippen molar-refractivity contribution in [3.63, 3.8) is 0 Å². The Morgan fingerprint density at radius 3 is 3.00 bits per heavy atom. The van der Waals surface area contributed by atoms with Crippen molar-refractivity contribution in [1.82, 2.24) is 19.9 Å². The number of anilines is 1. The summed E-state index contributed by atoms with van der Waals surface area (Å²) in [6.45, 7) is 1.24. The van der Waals surface area contributed by atoms with Crippen LogP contribution < -0.4 is 5.73 Å². The smallest absolute Gasteiger partial charge is 0.223 e. The fourth-order valence-corrected chi connectivity index (χ4v) is 3.09. The quantitative estimate of drug-likeness (QED) is 0.760. The number of halogens is 1. The van der Waals surface area contributed by atoms with E-state index in [4.69, 9.17) is 17.3 Å². The minimum atomic E-state index is 0.166. The number of carbonyl (C=O) groups is 1. The largest absolute Gasteiger partial charge is 0.382 e. The summed E-state index contributed by atoms with van der Waals surface area (Å²) in [5.41, 5.74) is 8.20. The van der Waals surface area contributed by atoms with Crippen molar-refractivity contribution < 1.29 is 4.79 Å². The molecule has 1 aliphatic rings. The van der Waals surface area contributed by atoms with Crippen molar-refractivity contribution in [2.24, 2.45) is 0 Å². The van der Waals surface area contributed by atoms with Gasteiger partial charge in [-0.25, -0.2) is 9.97 Å². The number of fused-ring (bicyclic) bond motifs is 3. The van der Waals surface area contributed by atoms with E-state index in [2.05, 4.69) is 15.0 Å². The fraction of sp³-hybridized carbons (Fsp3) is 0.267. The third kappa shape index (κ3) is 2.07. The lowest BCUT2D eigenvalue weighted by molar-refractivity contribution is -0.128. The van der Waals surface area contributed by atoms with Crippen molar-refractivity contribution in [1.29, 1.82) is 0 Å². The Hall–Kier alpha value is -2.34. The van der Waals surface area contributed by atoms with Gasteiger partial charge in [0.15, 0.2) is 5.82 Å². The van der Waals surface area contributed by atoms with E-state index in [1.165, 1.54) is 0 Å². The van der Waals surface area contributed by atoms with Gasteiger partial charge in [-0.1, -0.05) is 11.6 Å². The average molecular weight is 316 g/mol. The molecular weight excluding hydrogens is 302 g/mol. The molecule has 0 atom stereocenters. The van der Waals surface area contributed by atoms with E-state index in [0.717, 1.165) is 29.4 Å². The molecular formula is C15H14ClN5O. The van der Waals surface area contributed by atoms with Gasteiger partial charge in [0.1, 0.15) is 11.3 Å². The highest BCUT2D eigenvalue weighted by Crippen LogP contribution is 2.28. The van der Waals surface area contributed by atoms with Crippen molar-refractivity contribution in [3.8, 4) is 0 Å². The number of nitrogens with one attached hydrogen (secondary N) is 1. The molecule has 1 amide bonds. The number of imidazole rings is 1. The van der Waals surface area contributed by atoms with Crippen LogP contribution in [0, 0.1) is 0 Å². The van der Waals surface area contributed by atoms with Crippen LogP contribution in [0.4, 0.5) is 5.82 Å². The lowest BCUT2D eigenvalue weighted by Crippen LogP contribution is -2.24. The number of aromatic nitrogens is 3. The van der Waals surface area contributed by atoms with Crippen LogP contribution in [-0.2, 0) is 11.3 Å². The number of hydrogen-bond donors (Lipinski definition) is 2. The maximum Gasteiger partial charge on any atom is 0.223 e. The lowest BCUT2D eigenvalue weighted by Gasteiger charge is -2.12. The predicted molar refractivity (Wildman–Crippen MR) is 85.5 cm³/mol. The van der Waals surface area contributed by atoms with Crippen molar-refractivity contribution in [3.05, 3.63) is 29.0 Å². The van der Waals surface area contributed by atoms with Gasteiger partial charge >= 0.3 is 0 Å². The molecule has 1 fully saturated rings. The molecule has 0 radical (unpaired) electrons. The highest BCUT2D eigenvalue weighted by molar-refractivity contribution is 6.31. The van der Waals surface area contributed by atoms with Crippen molar-refractivity contribution in [2.45, 2.75) is 19.4 Å². The molecule has 0 bridgehead atoms. The van der Waals surface area contributed by atoms with E-state index in [1.807, 2.05) is 12.1 Å². The van der Waals surface area contributed by atoms with E-state index in [0.29, 0.717) is 35.1 Å². The van der Waals surface area contributed by atoms with Gasteiger partial charge in [-0.3, -0.25) is 4.79 Å². The summed E-state index contributed by atoms with van der Waals surface area (Å²) < 4.78 is 0. The van der Waals surface area contributed by atoms with Gasteiger partial charge in [-0.2, -0.15) is 0 Å². The number of hydrogen-bond acceptors (Lipinski definition) is 4. The van der Waals surface area contributed by atoms with Crippen LogP contribution in [0.25, 0.3) is 21.9 Å². The van der Waals surface area contributed by atoms with Gasteiger partial charge < -0.3 is 15.6 Å². The van der Waals surface area contributed by atoms with Gasteiger partial charge in [-0.15, -0.1) is 0 Å². The Morgan fingerprint density at radius 2 is 2.23 bits per heavy atom. The van der Waals surface area contributed by atoms with E-state index in [1.54, 1.807) is 11.0 Å². The first-order chi connectivity index (χ1) is 10.6. The number of aromatic amines is 1. The summed E-state index contributed by atoms with van der Waals surface area (Å²) >= 11 is 6.08. The van der Waals surface area contributed by atoms with E-state index < -0.39 is 0 Å². The zero-order chi connectivity index (χ0) is 15.3. The van der Waals surface area contributed by atoms with E-state index >= 15 is 0 Å². The molecule has 3 heterocycles. The van der Waals surface area contributed by atoms with Crippen molar-refractivity contribution in [2.75, 3.05) is 12.3 Å². The van der Waals surface area contributed by atoms with Crippen LogP contribution in [0.1, 0.15) is 18.7 Å². The minimum Gasteiger partial charge on any atom is -0.382 e. The van der Waals surface area contributed by atoms with E-state index in [9.17, 15) is 4.79 Å². The number of H-pyrrole nitrogens is 1. The Kier molecular flexibility index (Phi) is 2.94. The summed E-state index contributed by atoms with van der Waals surface area (Å²) in [5.74, 6) is 1.26. The first-order valence-corrected chi connectivity index (χ1v) is 7.51. The summed E-state index contributed by atoms with van der Waals surface area (Å²) in [4.78, 5) is 25.7. The number of nitrogen functional groups attached to an aromatic ring is 1. The zero-order valence-corrected chi connectivity index (χ0v) is 12.5. The number of nitrogens with zero attached hydrogens (tertiary/aromatic N) is 3. The van der Waals surface area contributed by atoms with Crippen LogP contribution in [0.15, 0.2) is 18.2 Å². The Labute approximate surface area is 131 Å². The summed E-state index contributed by atoms with van der Waals surface area (Å²) in [5, 5.41) is 1.51. The van der Waals surface area contributed by atoms with Crippen LogP contribution in [0.2, 0.25) is 5.02 Å². The first-order valence-electron chi connectivity index (χ1n) is 7.13. The van der Waals surface area contributed by atoms with E-state index in [-0.39, 0.29) is 5.91 Å². The molecule has 0 saturated carbocycles. The predicted octanol–water partition coefficient (Wildman–Crippen LogP) is 2.47. The van der Waals surface area contributed by atoms with Gasteiger partial charge in [0, 0.05) is 23.4 Å². The number of benzene rings is 1. The number of carbonyl (C=O) groups excluding carboxylic acids is 1. The topological polar surface area (TPSA) is 87.9 Å². The number of rotatable bonds is 2. The number of nitrogens with two attached hydrogens (primary N) is 1. The lowest BCUT2D eigenvalue weighted by atomic mass is 10.2. The molecule has 0 aliphatic carbocycles. The molecule has 3 aromatic rings. The molecule has 1 saturated heterocycles. The van der Waals surface area contributed by atoms with Gasteiger partial charge in [0.25, 0.3) is 0 Å². The Morgan fingerprint density at radius 1 is 1.36 bits per heavy atom. The van der Waals surface area contributed by atoms with Crippen LogP contribution in [0.5, 0.6) is 0 Å². The monoisotopic (exact) mass is 315 g/mol. The van der Waals surface area contributed by atoms with Crippen LogP contribution in [0.3, 0.4) is 0 Å². The molecule has 6 nitrogen and oxygen atoms in total. The summed E-state index contributed by atoms with van der Waals surface area (Å²) in [6, 6.07) is 5.45. The molecule has 7 heteroatoms. The summed E-state index contributed by atoms with van der Waals surface area (Å²) in [7, 11) is 0. The molecule has 1 aliphatic heterocycles. The van der Waals surface area contributed by atoms with Crippen molar-refractivity contribution >= 4 is 45.3 Å². The second-order valence-corrected chi connectivity index (χ2v) is 5.92. The molecule has 1 aromatic carbocycles.